The van der Waals surface area contributed by atoms with Gasteiger partial charge < -0.3 is 14.2 Å². The Hall–Kier alpha value is -1.97. The van der Waals surface area contributed by atoms with E-state index in [0.717, 1.165) is 5.56 Å². The summed E-state index contributed by atoms with van der Waals surface area (Å²) < 4.78 is 15.3. The molecule has 0 N–H and O–H groups in total. The first-order chi connectivity index (χ1) is 9.06. The van der Waals surface area contributed by atoms with E-state index in [0.29, 0.717) is 23.8 Å². The van der Waals surface area contributed by atoms with Crippen molar-refractivity contribution < 1.29 is 19.0 Å². The summed E-state index contributed by atoms with van der Waals surface area (Å²) in [5.74, 6) is 1.36. The molecule has 19 heavy (non-hydrogen) atoms. The monoisotopic (exact) mass is 264 g/mol. The minimum Gasteiger partial charge on any atom is -0.493 e. The maximum Gasteiger partial charge on any atom is 0.310 e. The average molecular weight is 264 g/mol. The summed E-state index contributed by atoms with van der Waals surface area (Å²) in [6.45, 7) is 3.94. The van der Waals surface area contributed by atoms with Crippen LogP contribution < -0.4 is 9.47 Å². The molecule has 0 spiro atoms. The third-order valence-corrected chi connectivity index (χ3v) is 2.44. The Labute approximate surface area is 114 Å². The smallest absolute Gasteiger partial charge is 0.310 e. The molecule has 1 aromatic carbocycles. The van der Waals surface area contributed by atoms with E-state index in [1.54, 1.807) is 26.4 Å². The quantitative estimate of drug-likeness (QED) is 0.584. The van der Waals surface area contributed by atoms with Gasteiger partial charge in [0.1, 0.15) is 0 Å². The fourth-order valence-electron chi connectivity index (χ4n) is 1.53. The van der Waals surface area contributed by atoms with Gasteiger partial charge in [-0.3, -0.25) is 4.79 Å². The second-order valence-corrected chi connectivity index (χ2v) is 4.51. The average Bonchev–Trinajstić information content (AvgIpc) is 2.37. The van der Waals surface area contributed by atoms with E-state index in [9.17, 15) is 4.79 Å². The van der Waals surface area contributed by atoms with Crippen molar-refractivity contribution in [2.45, 2.75) is 20.3 Å². The standard InChI is InChI=1S/C15H20O4/c1-11(2)9-15(16)19-8-7-12-5-6-13(17-3)14(10-12)18-4/h5-8,10-11H,9H2,1-4H3. The molecule has 104 valence electrons. The first-order valence-corrected chi connectivity index (χ1v) is 6.15. The normalized spacial score (nSPS) is 10.8. The van der Waals surface area contributed by atoms with Crippen LogP contribution in [0.2, 0.25) is 0 Å². The number of benzene rings is 1. The van der Waals surface area contributed by atoms with Crippen LogP contribution in [0.1, 0.15) is 25.8 Å². The molecule has 0 atom stereocenters. The molecule has 0 saturated carbocycles. The highest BCUT2D eigenvalue weighted by molar-refractivity contribution is 5.71. The van der Waals surface area contributed by atoms with Crippen molar-refractivity contribution in [3.63, 3.8) is 0 Å². The summed E-state index contributed by atoms with van der Waals surface area (Å²) in [5.41, 5.74) is 0.870. The van der Waals surface area contributed by atoms with E-state index < -0.39 is 0 Å². The predicted molar refractivity (Wildman–Crippen MR) is 74.1 cm³/mol. The maximum atomic E-state index is 11.3. The van der Waals surface area contributed by atoms with Gasteiger partial charge in [-0.05, 0) is 29.7 Å². The number of ether oxygens (including phenoxy) is 3. The van der Waals surface area contributed by atoms with Gasteiger partial charge in [0.2, 0.25) is 0 Å². The number of carbonyl (C=O) groups is 1. The van der Waals surface area contributed by atoms with Crippen molar-refractivity contribution in [1.82, 2.24) is 0 Å². The van der Waals surface area contributed by atoms with Gasteiger partial charge in [-0.1, -0.05) is 19.9 Å². The summed E-state index contributed by atoms with van der Waals surface area (Å²) in [5, 5.41) is 0. The number of hydrogen-bond donors (Lipinski definition) is 0. The van der Waals surface area contributed by atoms with Crippen LogP contribution >= 0.6 is 0 Å². The van der Waals surface area contributed by atoms with E-state index >= 15 is 0 Å². The van der Waals surface area contributed by atoms with Gasteiger partial charge in [0, 0.05) is 6.42 Å². The lowest BCUT2D eigenvalue weighted by molar-refractivity contribution is -0.138. The van der Waals surface area contributed by atoms with Gasteiger partial charge >= 0.3 is 5.97 Å². The topological polar surface area (TPSA) is 44.8 Å². The second-order valence-electron chi connectivity index (χ2n) is 4.51. The molecule has 0 aliphatic heterocycles. The zero-order valence-corrected chi connectivity index (χ0v) is 11.8. The van der Waals surface area contributed by atoms with E-state index in [4.69, 9.17) is 14.2 Å². The summed E-state index contributed by atoms with van der Waals surface area (Å²) in [6.07, 6.45) is 3.52. The molecule has 0 unspecified atom stereocenters. The van der Waals surface area contributed by atoms with E-state index in [2.05, 4.69) is 0 Å². The Morgan fingerprint density at radius 2 is 1.89 bits per heavy atom. The van der Waals surface area contributed by atoms with Crippen LogP contribution in [-0.4, -0.2) is 20.2 Å². The third-order valence-electron chi connectivity index (χ3n) is 2.44. The van der Waals surface area contributed by atoms with Crippen LogP contribution in [0, 0.1) is 5.92 Å². The highest BCUT2D eigenvalue weighted by atomic mass is 16.5. The van der Waals surface area contributed by atoms with Crippen molar-refractivity contribution in [1.29, 1.82) is 0 Å². The Kier molecular flexibility index (Phi) is 5.93. The third kappa shape index (κ3) is 5.04. The molecule has 1 rings (SSSR count). The molecule has 0 bridgehead atoms. The van der Waals surface area contributed by atoms with Gasteiger partial charge in [-0.2, -0.15) is 0 Å². The van der Waals surface area contributed by atoms with Crippen molar-refractivity contribution in [3.05, 3.63) is 30.0 Å². The number of hydrogen-bond acceptors (Lipinski definition) is 4. The van der Waals surface area contributed by atoms with Crippen LogP contribution in [-0.2, 0) is 9.53 Å². The Morgan fingerprint density at radius 3 is 2.47 bits per heavy atom. The van der Waals surface area contributed by atoms with Crippen LogP contribution in [0.3, 0.4) is 0 Å². The molecule has 0 saturated heterocycles. The molecule has 0 fully saturated rings. The molecule has 4 heteroatoms. The van der Waals surface area contributed by atoms with Gasteiger partial charge in [0.25, 0.3) is 0 Å². The highest BCUT2D eigenvalue weighted by Gasteiger charge is 2.05. The number of carbonyl (C=O) groups excluding carboxylic acids is 1. The SMILES string of the molecule is COc1ccc(C=COC(=O)CC(C)C)cc1OC. The molecular formula is C15H20O4. The molecular weight excluding hydrogens is 244 g/mol. The van der Waals surface area contributed by atoms with Crippen LogP contribution in [0.4, 0.5) is 0 Å². The minimum atomic E-state index is -0.230. The van der Waals surface area contributed by atoms with E-state index in [1.807, 2.05) is 26.0 Å². The van der Waals surface area contributed by atoms with Gasteiger partial charge in [0.15, 0.2) is 11.5 Å². The predicted octanol–water partition coefficient (Wildman–Crippen LogP) is 3.26. The summed E-state index contributed by atoms with van der Waals surface area (Å²) in [6, 6.07) is 5.47. The largest absolute Gasteiger partial charge is 0.493 e. The van der Waals surface area contributed by atoms with Crippen LogP contribution in [0.15, 0.2) is 24.5 Å². The summed E-state index contributed by atoms with van der Waals surface area (Å²) in [4.78, 5) is 11.3. The van der Waals surface area contributed by atoms with Gasteiger partial charge in [0.05, 0.1) is 20.5 Å². The highest BCUT2D eigenvalue weighted by Crippen LogP contribution is 2.27. The molecule has 4 nitrogen and oxygen atoms in total. The summed E-state index contributed by atoms with van der Waals surface area (Å²) in [7, 11) is 3.16. The fourth-order valence-corrected chi connectivity index (χ4v) is 1.53. The second kappa shape index (κ2) is 7.46. The molecule has 0 aliphatic carbocycles. The fraction of sp³-hybridized carbons (Fsp3) is 0.400. The zero-order valence-electron chi connectivity index (χ0n) is 11.8. The maximum absolute atomic E-state index is 11.3. The molecule has 0 radical (unpaired) electrons. The lowest BCUT2D eigenvalue weighted by Gasteiger charge is -2.07. The van der Waals surface area contributed by atoms with E-state index in [-0.39, 0.29) is 5.97 Å². The number of rotatable bonds is 6. The lowest BCUT2D eigenvalue weighted by Crippen LogP contribution is -2.03. The summed E-state index contributed by atoms with van der Waals surface area (Å²) >= 11 is 0. The van der Waals surface area contributed by atoms with E-state index in [1.165, 1.54) is 6.26 Å². The van der Waals surface area contributed by atoms with Crippen molar-refractivity contribution >= 4 is 12.0 Å². The zero-order chi connectivity index (χ0) is 14.3. The molecule has 0 aliphatic rings. The van der Waals surface area contributed by atoms with Crippen LogP contribution in [0.25, 0.3) is 6.08 Å². The molecule has 1 aromatic rings. The number of methoxy groups -OCH3 is 2. The van der Waals surface area contributed by atoms with Crippen molar-refractivity contribution in [2.75, 3.05) is 14.2 Å². The van der Waals surface area contributed by atoms with Gasteiger partial charge in [-0.25, -0.2) is 0 Å². The lowest BCUT2D eigenvalue weighted by atomic mass is 10.1. The first-order valence-electron chi connectivity index (χ1n) is 6.15. The van der Waals surface area contributed by atoms with Crippen molar-refractivity contribution in [3.8, 4) is 11.5 Å². The van der Waals surface area contributed by atoms with Gasteiger partial charge in [-0.15, -0.1) is 0 Å². The molecule has 0 aromatic heterocycles. The Morgan fingerprint density at radius 1 is 1.21 bits per heavy atom. The molecule has 0 amide bonds. The van der Waals surface area contributed by atoms with Crippen molar-refractivity contribution in [2.24, 2.45) is 5.92 Å². The Balaban J connectivity index is 2.64. The molecule has 0 heterocycles. The van der Waals surface area contributed by atoms with Crippen LogP contribution in [0.5, 0.6) is 11.5 Å². The number of esters is 1. The minimum absolute atomic E-state index is 0.230. The first kappa shape index (κ1) is 15.1. The Bertz CT molecular complexity index is 449.